The van der Waals surface area contributed by atoms with Gasteiger partial charge >= 0.3 is 6.03 Å². The molecule has 140 valence electrons. The number of amides is 2. The fourth-order valence-corrected chi connectivity index (χ4v) is 3.05. The first-order valence-corrected chi connectivity index (χ1v) is 8.88. The Bertz CT molecular complexity index is 938. The molecule has 2 amide bonds. The summed E-state index contributed by atoms with van der Waals surface area (Å²) in [6, 6.07) is 16.2. The van der Waals surface area contributed by atoms with Gasteiger partial charge in [-0.3, -0.25) is 0 Å². The lowest BCUT2D eigenvalue weighted by Gasteiger charge is -2.25. The van der Waals surface area contributed by atoms with Gasteiger partial charge in [0.25, 0.3) is 0 Å². The average molecular weight is 385 g/mol. The van der Waals surface area contributed by atoms with E-state index in [1.807, 2.05) is 37.3 Å². The molecule has 0 fully saturated rings. The van der Waals surface area contributed by atoms with Crippen molar-refractivity contribution in [1.29, 1.82) is 0 Å². The Morgan fingerprint density at radius 3 is 2.56 bits per heavy atom. The Balaban J connectivity index is 1.65. The number of aromatic nitrogens is 2. The molecule has 0 saturated heterocycles. The highest BCUT2D eigenvalue weighted by Gasteiger charge is 2.26. The second-order valence-corrected chi connectivity index (χ2v) is 6.88. The van der Waals surface area contributed by atoms with Crippen LogP contribution in [-0.4, -0.2) is 27.5 Å². The van der Waals surface area contributed by atoms with E-state index in [4.69, 9.17) is 11.6 Å². The summed E-state index contributed by atoms with van der Waals surface area (Å²) in [7, 11) is 0. The van der Waals surface area contributed by atoms with Gasteiger partial charge < -0.3 is 15.7 Å². The van der Waals surface area contributed by atoms with E-state index in [-0.39, 0.29) is 6.54 Å². The number of aliphatic hydroxyl groups is 1. The number of aryl methyl sites for hydroxylation is 1. The summed E-state index contributed by atoms with van der Waals surface area (Å²) in [5.74, 6) is 0. The van der Waals surface area contributed by atoms with Crippen molar-refractivity contribution in [1.82, 2.24) is 15.1 Å². The van der Waals surface area contributed by atoms with Crippen molar-refractivity contribution in [3.05, 3.63) is 77.1 Å². The number of nitrogens with one attached hydrogen (secondary N) is 2. The Morgan fingerprint density at radius 1 is 1.19 bits per heavy atom. The quantitative estimate of drug-likeness (QED) is 0.624. The normalized spacial score (nSPS) is 13.0. The third-order valence-corrected chi connectivity index (χ3v) is 4.54. The molecule has 0 radical (unpaired) electrons. The average Bonchev–Trinajstić information content (AvgIpc) is 3.02. The van der Waals surface area contributed by atoms with Crippen LogP contribution >= 0.6 is 11.6 Å². The van der Waals surface area contributed by atoms with Crippen LogP contribution in [-0.2, 0) is 5.60 Å². The molecule has 3 rings (SSSR count). The number of halogens is 1. The second kappa shape index (κ2) is 7.82. The molecule has 2 aromatic carbocycles. The first-order chi connectivity index (χ1) is 12.9. The third kappa shape index (κ3) is 4.48. The van der Waals surface area contributed by atoms with Gasteiger partial charge in [-0.1, -0.05) is 48.0 Å². The lowest BCUT2D eigenvalue weighted by molar-refractivity contribution is 0.0600. The zero-order valence-electron chi connectivity index (χ0n) is 15.1. The van der Waals surface area contributed by atoms with Crippen LogP contribution in [0.3, 0.4) is 0 Å². The minimum atomic E-state index is -1.29. The molecule has 27 heavy (non-hydrogen) atoms. The van der Waals surface area contributed by atoms with Crippen molar-refractivity contribution in [3.8, 4) is 5.69 Å². The van der Waals surface area contributed by atoms with Gasteiger partial charge in [0, 0.05) is 10.6 Å². The molecular weight excluding hydrogens is 364 g/mol. The molecule has 1 atom stereocenters. The molecular formula is C20H21ClN4O2. The summed E-state index contributed by atoms with van der Waals surface area (Å²) >= 11 is 6.14. The van der Waals surface area contributed by atoms with E-state index < -0.39 is 11.6 Å². The zero-order valence-corrected chi connectivity index (χ0v) is 15.9. The third-order valence-electron chi connectivity index (χ3n) is 4.22. The summed E-state index contributed by atoms with van der Waals surface area (Å²) < 4.78 is 1.70. The van der Waals surface area contributed by atoms with Crippen LogP contribution < -0.4 is 10.6 Å². The van der Waals surface area contributed by atoms with Gasteiger partial charge in [0.1, 0.15) is 5.60 Å². The lowest BCUT2D eigenvalue weighted by atomic mass is 9.96. The number of urea groups is 1. The monoisotopic (exact) mass is 384 g/mol. The van der Waals surface area contributed by atoms with Gasteiger partial charge in [0.2, 0.25) is 0 Å². The molecule has 6 nitrogen and oxygen atoms in total. The number of anilines is 1. The molecule has 0 bridgehead atoms. The van der Waals surface area contributed by atoms with E-state index in [1.54, 1.807) is 42.1 Å². The van der Waals surface area contributed by atoms with Crippen LogP contribution in [0, 0.1) is 6.92 Å². The maximum atomic E-state index is 12.3. The Kier molecular flexibility index (Phi) is 5.48. The van der Waals surface area contributed by atoms with Crippen LogP contribution in [0.25, 0.3) is 5.69 Å². The first-order valence-electron chi connectivity index (χ1n) is 8.51. The highest BCUT2D eigenvalue weighted by Crippen LogP contribution is 2.27. The highest BCUT2D eigenvalue weighted by molar-refractivity contribution is 6.31. The van der Waals surface area contributed by atoms with Crippen molar-refractivity contribution in [2.24, 2.45) is 0 Å². The number of hydrogen-bond donors (Lipinski definition) is 3. The van der Waals surface area contributed by atoms with Crippen molar-refractivity contribution in [2.75, 3.05) is 11.9 Å². The number of nitrogens with zero attached hydrogens (tertiary/aromatic N) is 2. The molecule has 1 heterocycles. The van der Waals surface area contributed by atoms with E-state index in [1.165, 1.54) is 0 Å². The Morgan fingerprint density at radius 2 is 1.85 bits per heavy atom. The number of para-hydroxylation sites is 1. The molecule has 3 N–H and O–H groups in total. The minimum absolute atomic E-state index is 0.00837. The summed E-state index contributed by atoms with van der Waals surface area (Å²) in [5.41, 5.74) is 1.44. The number of rotatable bonds is 5. The van der Waals surface area contributed by atoms with Crippen molar-refractivity contribution in [2.45, 2.75) is 19.4 Å². The van der Waals surface area contributed by atoms with E-state index in [9.17, 15) is 9.90 Å². The van der Waals surface area contributed by atoms with E-state index in [0.29, 0.717) is 22.0 Å². The van der Waals surface area contributed by atoms with Crippen molar-refractivity contribution >= 4 is 23.3 Å². The number of hydrogen-bond acceptors (Lipinski definition) is 3. The molecule has 1 aromatic heterocycles. The molecule has 0 aliphatic carbocycles. The zero-order chi connectivity index (χ0) is 19.4. The number of carbonyl (C=O) groups is 1. The fourth-order valence-electron chi connectivity index (χ4n) is 2.71. The Hall–Kier alpha value is -2.83. The largest absolute Gasteiger partial charge is 0.384 e. The van der Waals surface area contributed by atoms with E-state index in [0.717, 1.165) is 5.69 Å². The van der Waals surface area contributed by atoms with Gasteiger partial charge in [-0.2, -0.15) is 5.10 Å². The lowest BCUT2D eigenvalue weighted by Crippen LogP contribution is -2.40. The summed E-state index contributed by atoms with van der Waals surface area (Å²) in [6.45, 7) is 3.43. The standard InChI is InChI=1S/C20H21ClN4O2/c1-14-18(12-25(24-14)15-8-4-3-5-9-15)23-19(26)22-13-20(2,27)16-10-6-7-11-17(16)21/h3-12,27H,13H2,1-2H3,(H2,22,23,26). The predicted molar refractivity (Wildman–Crippen MR) is 106 cm³/mol. The SMILES string of the molecule is Cc1nn(-c2ccccc2)cc1NC(=O)NCC(C)(O)c1ccccc1Cl. The topological polar surface area (TPSA) is 79.2 Å². The van der Waals surface area contributed by atoms with Gasteiger partial charge in [-0.25, -0.2) is 9.48 Å². The van der Waals surface area contributed by atoms with Crippen LogP contribution in [0.15, 0.2) is 60.8 Å². The van der Waals surface area contributed by atoms with Crippen molar-refractivity contribution in [3.63, 3.8) is 0 Å². The second-order valence-electron chi connectivity index (χ2n) is 6.47. The number of benzene rings is 2. The van der Waals surface area contributed by atoms with Gasteiger partial charge in [0.15, 0.2) is 0 Å². The Labute approximate surface area is 162 Å². The maximum Gasteiger partial charge on any atom is 0.319 e. The molecule has 0 aliphatic rings. The maximum absolute atomic E-state index is 12.3. The first kappa shape index (κ1) is 18.9. The van der Waals surface area contributed by atoms with Crippen LogP contribution in [0.5, 0.6) is 0 Å². The smallest absolute Gasteiger partial charge is 0.319 e. The summed E-state index contributed by atoms with van der Waals surface area (Å²) in [6.07, 6.45) is 1.75. The summed E-state index contributed by atoms with van der Waals surface area (Å²) in [5, 5.41) is 20.9. The molecule has 3 aromatic rings. The molecule has 1 unspecified atom stereocenters. The van der Waals surface area contributed by atoms with Gasteiger partial charge in [-0.15, -0.1) is 0 Å². The van der Waals surface area contributed by atoms with E-state index in [2.05, 4.69) is 15.7 Å². The van der Waals surface area contributed by atoms with Crippen LogP contribution in [0.4, 0.5) is 10.5 Å². The molecule has 0 spiro atoms. The fraction of sp³-hybridized carbons (Fsp3) is 0.200. The number of carbonyl (C=O) groups excluding carboxylic acids is 1. The molecule has 0 aliphatic heterocycles. The van der Waals surface area contributed by atoms with Gasteiger partial charge in [-0.05, 0) is 32.0 Å². The predicted octanol–water partition coefficient (Wildman–Crippen LogP) is 3.86. The summed E-state index contributed by atoms with van der Waals surface area (Å²) in [4.78, 5) is 12.3. The molecule has 7 heteroatoms. The van der Waals surface area contributed by atoms with Gasteiger partial charge in [0.05, 0.1) is 29.8 Å². The van der Waals surface area contributed by atoms with Crippen molar-refractivity contribution < 1.29 is 9.90 Å². The van der Waals surface area contributed by atoms with Crippen LogP contribution in [0.1, 0.15) is 18.2 Å². The van der Waals surface area contributed by atoms with E-state index >= 15 is 0 Å². The minimum Gasteiger partial charge on any atom is -0.384 e. The molecule has 0 saturated carbocycles. The van der Waals surface area contributed by atoms with Crippen LogP contribution in [0.2, 0.25) is 5.02 Å². The highest BCUT2D eigenvalue weighted by atomic mass is 35.5.